The third kappa shape index (κ3) is 2.69. The minimum absolute atomic E-state index is 0.0663. The van der Waals surface area contributed by atoms with E-state index in [-0.39, 0.29) is 5.41 Å². The second-order valence-corrected chi connectivity index (χ2v) is 6.28. The van der Waals surface area contributed by atoms with Gasteiger partial charge in [0.25, 0.3) is 0 Å². The normalized spacial score (nSPS) is 13.7. The van der Waals surface area contributed by atoms with Crippen LogP contribution in [0.5, 0.6) is 5.75 Å². The van der Waals surface area contributed by atoms with E-state index in [4.69, 9.17) is 15.6 Å². The molecule has 0 amide bonds. The molecule has 0 saturated carbocycles. The number of aromatic nitrogens is 2. The van der Waals surface area contributed by atoms with E-state index in [0.717, 1.165) is 30.0 Å². The van der Waals surface area contributed by atoms with Crippen LogP contribution >= 0.6 is 0 Å². The number of hydrogen-bond donors (Lipinski definition) is 2. The van der Waals surface area contributed by atoms with Gasteiger partial charge in [0, 0.05) is 23.5 Å². The minimum atomic E-state index is -0.0663. The van der Waals surface area contributed by atoms with Crippen molar-refractivity contribution in [3.8, 4) is 17.1 Å². The van der Waals surface area contributed by atoms with Crippen molar-refractivity contribution < 1.29 is 4.74 Å². The van der Waals surface area contributed by atoms with Gasteiger partial charge in [0.2, 0.25) is 0 Å². The van der Waals surface area contributed by atoms with Crippen LogP contribution in [0.25, 0.3) is 11.4 Å². The van der Waals surface area contributed by atoms with Gasteiger partial charge >= 0.3 is 0 Å². The number of rotatable bonds is 2. The Labute approximate surface area is 124 Å². The van der Waals surface area contributed by atoms with E-state index in [9.17, 15) is 0 Å². The molecule has 1 aromatic carbocycles. The number of nitrogens with zero attached hydrogens (tertiary/aromatic N) is 2. The summed E-state index contributed by atoms with van der Waals surface area (Å²) in [5, 5.41) is 0. The summed E-state index contributed by atoms with van der Waals surface area (Å²) < 4.78 is 5.54. The van der Waals surface area contributed by atoms with Crippen LogP contribution in [0.4, 0.5) is 5.82 Å². The topological polar surface area (TPSA) is 73.1 Å². The first-order valence-electron chi connectivity index (χ1n) is 7.09. The molecule has 5 nitrogen and oxygen atoms in total. The maximum absolute atomic E-state index is 5.54. The zero-order valence-electron chi connectivity index (χ0n) is 12.6. The molecule has 3 N–H and O–H groups in total. The third-order valence-electron chi connectivity index (χ3n) is 3.59. The maximum Gasteiger partial charge on any atom is 0.161 e. The molecule has 3 rings (SSSR count). The highest BCUT2D eigenvalue weighted by atomic mass is 16.5. The van der Waals surface area contributed by atoms with Crippen LogP contribution in [0, 0.1) is 0 Å². The van der Waals surface area contributed by atoms with Crippen molar-refractivity contribution in [1.82, 2.24) is 9.97 Å². The molecule has 1 aromatic heterocycles. The van der Waals surface area contributed by atoms with E-state index in [1.54, 1.807) is 0 Å². The molecule has 5 heteroatoms. The zero-order valence-corrected chi connectivity index (χ0v) is 12.6. The third-order valence-corrected chi connectivity index (χ3v) is 3.59. The van der Waals surface area contributed by atoms with Gasteiger partial charge in [-0.3, -0.25) is 0 Å². The SMILES string of the molecule is CC(C)(C)c1cc(NN)nc(-c2ccc3c(c2)CCO3)n1. The van der Waals surface area contributed by atoms with Gasteiger partial charge in [-0.25, -0.2) is 15.8 Å². The summed E-state index contributed by atoms with van der Waals surface area (Å²) >= 11 is 0. The van der Waals surface area contributed by atoms with Gasteiger partial charge in [0.1, 0.15) is 11.6 Å². The summed E-state index contributed by atoms with van der Waals surface area (Å²) in [6, 6.07) is 7.97. The van der Waals surface area contributed by atoms with Gasteiger partial charge in [-0.2, -0.15) is 0 Å². The Bertz CT molecular complexity index is 676. The van der Waals surface area contributed by atoms with Gasteiger partial charge < -0.3 is 10.2 Å². The standard InChI is InChI=1S/C16H20N4O/c1-16(2,3)13-9-14(20-17)19-15(18-13)11-4-5-12-10(8-11)6-7-21-12/h4-5,8-9H,6-7,17H2,1-3H3,(H,18,19,20). The molecule has 0 fully saturated rings. The van der Waals surface area contributed by atoms with Crippen molar-refractivity contribution in [3.05, 3.63) is 35.5 Å². The predicted octanol–water partition coefficient (Wildman–Crippen LogP) is 2.66. The summed E-state index contributed by atoms with van der Waals surface area (Å²) in [5.74, 6) is 7.81. The van der Waals surface area contributed by atoms with Crippen molar-refractivity contribution in [2.45, 2.75) is 32.6 Å². The molecule has 0 atom stereocenters. The van der Waals surface area contributed by atoms with Crippen molar-refractivity contribution in [2.75, 3.05) is 12.0 Å². The highest BCUT2D eigenvalue weighted by Gasteiger charge is 2.19. The van der Waals surface area contributed by atoms with Crippen LogP contribution in [0.15, 0.2) is 24.3 Å². The van der Waals surface area contributed by atoms with Crippen molar-refractivity contribution in [1.29, 1.82) is 0 Å². The second-order valence-electron chi connectivity index (χ2n) is 6.28. The Kier molecular flexibility index (Phi) is 3.29. The van der Waals surface area contributed by atoms with Gasteiger partial charge in [-0.05, 0) is 23.8 Å². The molecular weight excluding hydrogens is 264 g/mol. The number of nitrogen functional groups attached to an aromatic ring is 1. The van der Waals surface area contributed by atoms with Crippen LogP contribution in [0.1, 0.15) is 32.0 Å². The van der Waals surface area contributed by atoms with E-state index in [1.165, 1.54) is 5.56 Å². The number of hydrazine groups is 1. The van der Waals surface area contributed by atoms with E-state index in [1.807, 2.05) is 18.2 Å². The average Bonchev–Trinajstić information content (AvgIpc) is 2.93. The van der Waals surface area contributed by atoms with Gasteiger partial charge in [-0.15, -0.1) is 0 Å². The zero-order chi connectivity index (χ0) is 15.0. The number of ether oxygens (including phenoxy) is 1. The Hall–Kier alpha value is -2.14. The van der Waals surface area contributed by atoms with Crippen LogP contribution in [-0.2, 0) is 11.8 Å². The largest absolute Gasteiger partial charge is 0.493 e. The first-order valence-corrected chi connectivity index (χ1v) is 7.09. The van der Waals surface area contributed by atoms with E-state index in [2.05, 4.69) is 37.2 Å². The van der Waals surface area contributed by atoms with Crippen molar-refractivity contribution >= 4 is 5.82 Å². The first kappa shape index (κ1) is 13.8. The number of hydrogen-bond acceptors (Lipinski definition) is 5. The molecular formula is C16H20N4O. The van der Waals surface area contributed by atoms with Crippen LogP contribution < -0.4 is 16.0 Å². The lowest BCUT2D eigenvalue weighted by Gasteiger charge is -2.19. The van der Waals surface area contributed by atoms with Crippen molar-refractivity contribution in [3.63, 3.8) is 0 Å². The molecule has 1 aliphatic rings. The summed E-state index contributed by atoms with van der Waals surface area (Å²) in [5.41, 5.74) is 5.71. The molecule has 1 aliphatic heterocycles. The Morgan fingerprint density at radius 1 is 1.19 bits per heavy atom. The van der Waals surface area contributed by atoms with Gasteiger partial charge in [-0.1, -0.05) is 20.8 Å². The van der Waals surface area contributed by atoms with E-state index in [0.29, 0.717) is 11.6 Å². The molecule has 21 heavy (non-hydrogen) atoms. The monoisotopic (exact) mass is 284 g/mol. The molecule has 110 valence electrons. The fraction of sp³-hybridized carbons (Fsp3) is 0.375. The van der Waals surface area contributed by atoms with Crippen LogP contribution in [0.2, 0.25) is 0 Å². The summed E-state index contributed by atoms with van der Waals surface area (Å²) in [4.78, 5) is 9.17. The highest BCUT2D eigenvalue weighted by molar-refractivity contribution is 5.61. The number of anilines is 1. The lowest BCUT2D eigenvalue weighted by atomic mass is 9.91. The van der Waals surface area contributed by atoms with Gasteiger partial charge in [0.05, 0.1) is 12.3 Å². The molecule has 2 aromatic rings. The second kappa shape index (κ2) is 5.00. The lowest BCUT2D eigenvalue weighted by Crippen LogP contribution is -2.17. The van der Waals surface area contributed by atoms with E-state index >= 15 is 0 Å². The summed E-state index contributed by atoms with van der Waals surface area (Å²) in [6.45, 7) is 7.11. The number of benzene rings is 1. The first-order chi connectivity index (χ1) is 9.97. The summed E-state index contributed by atoms with van der Waals surface area (Å²) in [7, 11) is 0. The molecule has 0 spiro atoms. The van der Waals surface area contributed by atoms with Crippen LogP contribution in [0.3, 0.4) is 0 Å². The lowest BCUT2D eigenvalue weighted by molar-refractivity contribution is 0.357. The molecule has 0 radical (unpaired) electrons. The summed E-state index contributed by atoms with van der Waals surface area (Å²) in [6.07, 6.45) is 0.935. The average molecular weight is 284 g/mol. The maximum atomic E-state index is 5.54. The Morgan fingerprint density at radius 2 is 2.00 bits per heavy atom. The number of nitrogens with two attached hydrogens (primary N) is 1. The highest BCUT2D eigenvalue weighted by Crippen LogP contribution is 2.31. The molecule has 2 heterocycles. The fourth-order valence-corrected chi connectivity index (χ4v) is 2.36. The van der Waals surface area contributed by atoms with E-state index < -0.39 is 0 Å². The minimum Gasteiger partial charge on any atom is -0.493 e. The Balaban J connectivity index is 2.09. The molecule has 0 saturated heterocycles. The Morgan fingerprint density at radius 3 is 2.71 bits per heavy atom. The quantitative estimate of drug-likeness (QED) is 0.655. The molecule has 0 aliphatic carbocycles. The van der Waals surface area contributed by atoms with Crippen LogP contribution in [-0.4, -0.2) is 16.6 Å². The van der Waals surface area contributed by atoms with Crippen molar-refractivity contribution in [2.24, 2.45) is 5.84 Å². The fourth-order valence-electron chi connectivity index (χ4n) is 2.36. The number of nitrogens with one attached hydrogen (secondary N) is 1. The van der Waals surface area contributed by atoms with Gasteiger partial charge in [0.15, 0.2) is 5.82 Å². The molecule has 0 unspecified atom stereocenters. The molecule has 0 bridgehead atoms. The smallest absolute Gasteiger partial charge is 0.161 e. The predicted molar refractivity (Wildman–Crippen MR) is 83.2 cm³/mol. The number of fused-ring (bicyclic) bond motifs is 1.